The number of carbonyl (C=O) groups is 1. The number of sulfonamides is 1. The normalized spacial score (nSPS) is 11.2. The number of halogens is 1. The third-order valence-corrected chi connectivity index (χ3v) is 5.14. The molecule has 0 heterocycles. The van der Waals surface area contributed by atoms with Crippen molar-refractivity contribution in [2.75, 3.05) is 11.9 Å². The molecule has 128 valence electrons. The van der Waals surface area contributed by atoms with E-state index in [1.807, 2.05) is 6.92 Å². The molecule has 0 fully saturated rings. The predicted molar refractivity (Wildman–Crippen MR) is 95.9 cm³/mol. The van der Waals surface area contributed by atoms with E-state index in [1.54, 1.807) is 30.3 Å². The van der Waals surface area contributed by atoms with Gasteiger partial charge in [0.15, 0.2) is 0 Å². The van der Waals surface area contributed by atoms with Crippen LogP contribution in [-0.2, 0) is 10.0 Å². The second-order valence-electron chi connectivity index (χ2n) is 5.21. The van der Waals surface area contributed by atoms with Crippen molar-refractivity contribution in [1.29, 1.82) is 0 Å². The van der Waals surface area contributed by atoms with Gasteiger partial charge in [-0.2, -0.15) is 0 Å². The van der Waals surface area contributed by atoms with Crippen LogP contribution in [0.3, 0.4) is 0 Å². The molecule has 0 spiro atoms. The summed E-state index contributed by atoms with van der Waals surface area (Å²) in [5, 5.41) is 3.08. The zero-order valence-electron chi connectivity index (χ0n) is 13.3. The highest BCUT2D eigenvalue weighted by Gasteiger charge is 2.16. The fraction of sp³-hybridized carbons (Fsp3) is 0.235. The first-order chi connectivity index (χ1) is 11.4. The zero-order chi connectivity index (χ0) is 17.6. The third-order valence-electron chi connectivity index (χ3n) is 3.35. The lowest BCUT2D eigenvalue weighted by Crippen LogP contribution is -2.25. The first-order valence-corrected chi connectivity index (χ1v) is 9.46. The number of rotatable bonds is 7. The lowest BCUT2D eigenvalue weighted by Gasteiger charge is -2.09. The largest absolute Gasteiger partial charge is 0.321 e. The van der Waals surface area contributed by atoms with Crippen molar-refractivity contribution in [3.05, 3.63) is 59.1 Å². The van der Waals surface area contributed by atoms with E-state index < -0.39 is 15.9 Å². The van der Waals surface area contributed by atoms with Crippen LogP contribution in [0.4, 0.5) is 5.69 Å². The third kappa shape index (κ3) is 4.80. The van der Waals surface area contributed by atoms with E-state index in [2.05, 4.69) is 10.0 Å². The number of hydrogen-bond donors (Lipinski definition) is 2. The van der Waals surface area contributed by atoms with Gasteiger partial charge in [0, 0.05) is 12.1 Å². The fourth-order valence-electron chi connectivity index (χ4n) is 2.03. The van der Waals surface area contributed by atoms with Crippen LogP contribution < -0.4 is 10.0 Å². The average molecular weight is 367 g/mol. The Morgan fingerprint density at radius 3 is 2.58 bits per heavy atom. The molecule has 2 aromatic rings. The first-order valence-electron chi connectivity index (χ1n) is 7.59. The quantitative estimate of drug-likeness (QED) is 0.734. The molecule has 2 N–H and O–H groups in total. The molecule has 2 aromatic carbocycles. The molecular weight excluding hydrogens is 348 g/mol. The number of amides is 1. The van der Waals surface area contributed by atoms with Crippen molar-refractivity contribution in [1.82, 2.24) is 4.72 Å². The maximum atomic E-state index is 12.3. The second kappa shape index (κ2) is 8.28. The Labute approximate surface area is 147 Å². The summed E-state index contributed by atoms with van der Waals surface area (Å²) in [6, 6.07) is 12.7. The molecular formula is C17H19ClN2O3S. The Bertz CT molecular complexity index is 822. The molecule has 2 rings (SSSR count). The number of nitrogens with one attached hydrogen (secondary N) is 2. The molecule has 5 nitrogen and oxygen atoms in total. The highest BCUT2D eigenvalue weighted by atomic mass is 35.5. The van der Waals surface area contributed by atoms with E-state index in [0.717, 1.165) is 12.8 Å². The molecule has 1 amide bonds. The number of benzene rings is 2. The smallest absolute Gasteiger partial charge is 0.255 e. The number of carbonyl (C=O) groups excluding carboxylic acids is 1. The van der Waals surface area contributed by atoms with E-state index in [4.69, 9.17) is 11.6 Å². The van der Waals surface area contributed by atoms with Gasteiger partial charge in [-0.15, -0.1) is 0 Å². The molecule has 0 atom stereocenters. The molecule has 7 heteroatoms. The van der Waals surface area contributed by atoms with Crippen molar-refractivity contribution in [2.24, 2.45) is 0 Å². The first kappa shape index (κ1) is 18.4. The van der Waals surface area contributed by atoms with Gasteiger partial charge in [0.1, 0.15) is 0 Å². The van der Waals surface area contributed by atoms with Crippen LogP contribution in [0.1, 0.15) is 30.1 Å². The summed E-state index contributed by atoms with van der Waals surface area (Å²) in [5.41, 5.74) is 0.715. The van der Waals surface area contributed by atoms with Crippen molar-refractivity contribution >= 4 is 33.2 Å². The van der Waals surface area contributed by atoms with E-state index in [1.165, 1.54) is 18.2 Å². The Hall–Kier alpha value is -1.89. The Morgan fingerprint density at radius 2 is 1.88 bits per heavy atom. The van der Waals surface area contributed by atoms with Crippen LogP contribution in [0, 0.1) is 0 Å². The van der Waals surface area contributed by atoms with Gasteiger partial charge in [-0.1, -0.05) is 43.1 Å². The van der Waals surface area contributed by atoms with Crippen LogP contribution >= 0.6 is 11.6 Å². The molecule has 0 bridgehead atoms. The lowest BCUT2D eigenvalue weighted by molar-refractivity contribution is 0.102. The standard InChI is InChI=1S/C17H19ClN2O3S/c1-2-3-11-19-24(22,23)14-8-6-7-13(12-14)17(21)20-16-10-5-4-9-15(16)18/h4-10,12,19H,2-3,11H2,1H3,(H,20,21). The van der Waals surface area contributed by atoms with Crippen LogP contribution in [-0.4, -0.2) is 20.9 Å². The summed E-state index contributed by atoms with van der Waals surface area (Å²) in [6.07, 6.45) is 1.65. The minimum Gasteiger partial charge on any atom is -0.321 e. The summed E-state index contributed by atoms with van der Waals surface area (Å²) in [5.74, 6) is -0.422. The Kier molecular flexibility index (Phi) is 6.36. The van der Waals surface area contributed by atoms with Crippen LogP contribution in [0.2, 0.25) is 5.02 Å². The second-order valence-corrected chi connectivity index (χ2v) is 7.39. The summed E-state index contributed by atoms with van der Waals surface area (Å²) in [7, 11) is -3.63. The van der Waals surface area contributed by atoms with Crippen LogP contribution in [0.5, 0.6) is 0 Å². The molecule has 0 aliphatic heterocycles. The molecule has 0 aromatic heterocycles. The van der Waals surface area contributed by atoms with Gasteiger partial charge in [0.2, 0.25) is 10.0 Å². The highest BCUT2D eigenvalue weighted by molar-refractivity contribution is 7.89. The van der Waals surface area contributed by atoms with E-state index in [-0.39, 0.29) is 10.5 Å². The highest BCUT2D eigenvalue weighted by Crippen LogP contribution is 2.21. The Balaban J connectivity index is 2.18. The molecule has 0 unspecified atom stereocenters. The Morgan fingerprint density at radius 1 is 1.12 bits per heavy atom. The topological polar surface area (TPSA) is 75.3 Å². The summed E-state index contributed by atoms with van der Waals surface area (Å²) < 4.78 is 27.0. The maximum Gasteiger partial charge on any atom is 0.255 e. The van der Waals surface area contributed by atoms with Crippen molar-refractivity contribution < 1.29 is 13.2 Å². The van der Waals surface area contributed by atoms with Crippen LogP contribution in [0.25, 0.3) is 0 Å². The van der Waals surface area contributed by atoms with Gasteiger partial charge in [0.05, 0.1) is 15.6 Å². The summed E-state index contributed by atoms with van der Waals surface area (Å²) >= 11 is 6.01. The number of para-hydroxylation sites is 1. The van der Waals surface area contributed by atoms with Gasteiger partial charge in [-0.25, -0.2) is 13.1 Å². The van der Waals surface area contributed by atoms with E-state index >= 15 is 0 Å². The predicted octanol–water partition coefficient (Wildman–Crippen LogP) is 3.67. The monoisotopic (exact) mass is 366 g/mol. The molecule has 0 radical (unpaired) electrons. The van der Waals surface area contributed by atoms with Gasteiger partial charge in [0.25, 0.3) is 5.91 Å². The lowest BCUT2D eigenvalue weighted by atomic mass is 10.2. The summed E-state index contributed by atoms with van der Waals surface area (Å²) in [4.78, 5) is 12.4. The van der Waals surface area contributed by atoms with E-state index in [9.17, 15) is 13.2 Å². The van der Waals surface area contributed by atoms with Gasteiger partial charge >= 0.3 is 0 Å². The molecule has 0 aliphatic carbocycles. The van der Waals surface area contributed by atoms with Gasteiger partial charge in [-0.3, -0.25) is 4.79 Å². The molecule has 0 saturated heterocycles. The van der Waals surface area contributed by atoms with Crippen molar-refractivity contribution in [3.63, 3.8) is 0 Å². The number of unbranched alkanes of at least 4 members (excludes halogenated alkanes) is 1. The van der Waals surface area contributed by atoms with E-state index in [0.29, 0.717) is 17.3 Å². The number of anilines is 1. The minimum atomic E-state index is -3.63. The fourth-order valence-corrected chi connectivity index (χ4v) is 3.33. The summed E-state index contributed by atoms with van der Waals surface area (Å²) in [6.45, 7) is 2.35. The zero-order valence-corrected chi connectivity index (χ0v) is 14.8. The molecule has 0 saturated carbocycles. The molecule has 0 aliphatic rings. The van der Waals surface area contributed by atoms with Crippen molar-refractivity contribution in [2.45, 2.75) is 24.7 Å². The SMILES string of the molecule is CCCCNS(=O)(=O)c1cccc(C(=O)Nc2ccccc2Cl)c1. The van der Waals surface area contributed by atoms with Crippen molar-refractivity contribution in [3.8, 4) is 0 Å². The minimum absolute atomic E-state index is 0.0606. The van der Waals surface area contributed by atoms with Gasteiger partial charge in [-0.05, 0) is 36.8 Å². The maximum absolute atomic E-state index is 12.3. The number of hydrogen-bond acceptors (Lipinski definition) is 3. The molecule has 24 heavy (non-hydrogen) atoms. The van der Waals surface area contributed by atoms with Gasteiger partial charge < -0.3 is 5.32 Å². The van der Waals surface area contributed by atoms with Crippen LogP contribution in [0.15, 0.2) is 53.4 Å². The average Bonchev–Trinajstić information content (AvgIpc) is 2.57.